The first kappa shape index (κ1) is 20.9. The molecule has 0 bridgehead atoms. The number of para-hydroxylation sites is 1. The van der Waals surface area contributed by atoms with Crippen LogP contribution < -0.4 is 11.1 Å². The number of nitrogens with zero attached hydrogens (tertiary/aromatic N) is 3. The van der Waals surface area contributed by atoms with Crippen LogP contribution in [0.15, 0.2) is 53.1 Å². The minimum Gasteiger partial charge on any atom is -0.375 e. The third-order valence-corrected chi connectivity index (χ3v) is 7.69. The van der Waals surface area contributed by atoms with Crippen molar-refractivity contribution in [2.45, 2.75) is 19.4 Å². The van der Waals surface area contributed by atoms with Gasteiger partial charge in [-0.05, 0) is 42.9 Å². The molecule has 34 heavy (non-hydrogen) atoms. The Morgan fingerprint density at radius 3 is 2.91 bits per heavy atom. The lowest BCUT2D eigenvalue weighted by molar-refractivity contribution is 0.0690. The maximum atomic E-state index is 13.6. The predicted molar refractivity (Wildman–Crippen MR) is 129 cm³/mol. The van der Waals surface area contributed by atoms with Crippen molar-refractivity contribution in [1.29, 1.82) is 0 Å². The van der Waals surface area contributed by atoms with Crippen LogP contribution in [-0.2, 0) is 0 Å². The molecular weight excluding hydrogens is 450 g/mol. The number of hydrogen-bond acceptors (Lipinski definition) is 7. The largest absolute Gasteiger partial charge is 0.375 e. The van der Waals surface area contributed by atoms with Crippen molar-refractivity contribution in [3.8, 4) is 10.4 Å². The molecule has 4 aromatic rings. The minimum atomic E-state index is -0.306. The van der Waals surface area contributed by atoms with E-state index in [4.69, 9.17) is 10.3 Å². The number of aryl methyl sites for hydroxylation is 1. The number of fused-ring (bicyclic) bond motifs is 2. The van der Waals surface area contributed by atoms with Gasteiger partial charge in [-0.25, -0.2) is 4.98 Å². The normalized spacial score (nSPS) is 21.0. The molecule has 9 heteroatoms. The van der Waals surface area contributed by atoms with Gasteiger partial charge in [-0.2, -0.15) is 0 Å². The molecule has 2 fully saturated rings. The average Bonchev–Trinajstić information content (AvgIpc) is 3.17. The number of benzene rings is 2. The first-order chi connectivity index (χ1) is 16.5. The summed E-state index contributed by atoms with van der Waals surface area (Å²) in [6, 6.07) is 15.1. The topological polar surface area (TPSA) is 114 Å². The quantitative estimate of drug-likeness (QED) is 0.456. The number of thiazole rings is 1. The Morgan fingerprint density at radius 1 is 1.21 bits per heavy atom. The third kappa shape index (κ3) is 3.52. The second-order valence-electron chi connectivity index (χ2n) is 9.02. The summed E-state index contributed by atoms with van der Waals surface area (Å²) in [4.78, 5) is 33.5. The second-order valence-corrected chi connectivity index (χ2v) is 10.1. The predicted octanol–water partition coefficient (Wildman–Crippen LogP) is 3.73. The summed E-state index contributed by atoms with van der Waals surface area (Å²) in [7, 11) is 0. The van der Waals surface area contributed by atoms with Gasteiger partial charge >= 0.3 is 0 Å². The van der Waals surface area contributed by atoms with E-state index < -0.39 is 0 Å². The fourth-order valence-electron chi connectivity index (χ4n) is 5.00. The second kappa shape index (κ2) is 7.95. The van der Waals surface area contributed by atoms with Crippen molar-refractivity contribution < 1.29 is 14.1 Å². The molecule has 2 aliphatic rings. The van der Waals surface area contributed by atoms with Crippen LogP contribution in [0.1, 0.15) is 33.0 Å². The van der Waals surface area contributed by atoms with Gasteiger partial charge in [0.15, 0.2) is 16.4 Å². The number of piperidine rings is 1. The molecule has 2 aromatic heterocycles. The number of rotatable bonds is 5. The highest BCUT2D eigenvalue weighted by molar-refractivity contribution is 7.19. The van der Waals surface area contributed by atoms with Crippen LogP contribution in [0.5, 0.6) is 0 Å². The van der Waals surface area contributed by atoms with Crippen LogP contribution in [0.3, 0.4) is 0 Å². The van der Waals surface area contributed by atoms with Gasteiger partial charge in [-0.1, -0.05) is 58.5 Å². The smallest absolute Gasteiger partial charge is 0.274 e. The SMILES string of the molecule is Cc1cccc(-c2sc(N)nc2C(=O)N2C[C@H]3C[C@H]3[C@H]2CNC(=O)c2noc3ccccc23)c1. The van der Waals surface area contributed by atoms with Gasteiger partial charge in [0.25, 0.3) is 11.8 Å². The number of anilines is 1. The van der Waals surface area contributed by atoms with E-state index in [0.29, 0.717) is 46.7 Å². The molecule has 6 rings (SSSR count). The molecule has 8 nitrogen and oxygen atoms in total. The summed E-state index contributed by atoms with van der Waals surface area (Å²) < 4.78 is 5.26. The van der Waals surface area contributed by atoms with Crippen LogP contribution in [0.4, 0.5) is 5.13 Å². The minimum absolute atomic E-state index is 0.0899. The summed E-state index contributed by atoms with van der Waals surface area (Å²) in [5.41, 5.74) is 9.27. The highest BCUT2D eigenvalue weighted by Crippen LogP contribution is 2.50. The molecule has 2 aromatic carbocycles. The highest BCUT2D eigenvalue weighted by Gasteiger charge is 2.54. The lowest BCUT2D eigenvalue weighted by Gasteiger charge is -2.27. The van der Waals surface area contributed by atoms with Gasteiger partial charge in [-0.3, -0.25) is 9.59 Å². The molecule has 1 saturated carbocycles. The van der Waals surface area contributed by atoms with Crippen molar-refractivity contribution >= 4 is 39.3 Å². The Bertz CT molecular complexity index is 1430. The van der Waals surface area contributed by atoms with Crippen LogP contribution in [0, 0.1) is 18.8 Å². The Hall–Kier alpha value is -3.72. The maximum Gasteiger partial charge on any atom is 0.274 e. The number of nitrogen functional groups attached to an aromatic ring is 1. The number of nitrogens with two attached hydrogens (primary N) is 1. The van der Waals surface area contributed by atoms with E-state index >= 15 is 0 Å². The highest BCUT2D eigenvalue weighted by atomic mass is 32.1. The Labute approximate surface area is 199 Å². The molecule has 172 valence electrons. The first-order valence-electron chi connectivity index (χ1n) is 11.3. The van der Waals surface area contributed by atoms with E-state index in [9.17, 15) is 9.59 Å². The van der Waals surface area contributed by atoms with Gasteiger partial charge in [0, 0.05) is 13.1 Å². The standard InChI is InChI=1S/C25H23N5O3S/c1-13-5-4-6-14(9-13)22-21(28-25(26)34-22)24(32)30-12-15-10-17(15)18(30)11-27-23(31)20-16-7-2-3-8-19(16)33-29-20/h2-9,15,17-18H,10-12H2,1H3,(H2,26,28)(H,27,31)/t15-,17-,18-/m1/s1. The number of aromatic nitrogens is 2. The molecule has 1 aliphatic carbocycles. The lowest BCUT2D eigenvalue weighted by atomic mass is 10.1. The van der Waals surface area contributed by atoms with E-state index in [1.54, 1.807) is 6.07 Å². The van der Waals surface area contributed by atoms with Gasteiger partial charge in [0.2, 0.25) is 0 Å². The molecule has 0 radical (unpaired) electrons. The zero-order chi connectivity index (χ0) is 23.4. The first-order valence-corrected chi connectivity index (χ1v) is 12.1. The van der Waals surface area contributed by atoms with Crippen LogP contribution in [-0.4, -0.2) is 46.0 Å². The zero-order valence-electron chi connectivity index (χ0n) is 18.5. The molecule has 1 aliphatic heterocycles. The molecular formula is C25H23N5O3S. The summed E-state index contributed by atoms with van der Waals surface area (Å²) in [6.45, 7) is 3.04. The fraction of sp³-hybridized carbons (Fsp3) is 0.280. The maximum absolute atomic E-state index is 13.6. The number of nitrogens with one attached hydrogen (secondary N) is 1. The number of carbonyl (C=O) groups is 2. The van der Waals surface area contributed by atoms with Crippen molar-refractivity contribution in [2.24, 2.45) is 11.8 Å². The summed E-state index contributed by atoms with van der Waals surface area (Å²) in [5.74, 6) is 0.413. The van der Waals surface area contributed by atoms with E-state index in [0.717, 1.165) is 22.4 Å². The van der Waals surface area contributed by atoms with Gasteiger partial charge in [0.1, 0.15) is 5.69 Å². The Morgan fingerprint density at radius 2 is 2.06 bits per heavy atom. The molecule has 1 saturated heterocycles. The Kier molecular flexibility index (Phi) is 4.88. The fourth-order valence-corrected chi connectivity index (χ4v) is 5.82. The van der Waals surface area contributed by atoms with Gasteiger partial charge < -0.3 is 20.5 Å². The van der Waals surface area contributed by atoms with E-state index in [1.807, 2.05) is 54.3 Å². The average molecular weight is 474 g/mol. The molecule has 0 unspecified atom stereocenters. The van der Waals surface area contributed by atoms with Crippen molar-refractivity contribution in [1.82, 2.24) is 20.4 Å². The monoisotopic (exact) mass is 473 g/mol. The Balaban J connectivity index is 1.23. The molecule has 3 N–H and O–H groups in total. The van der Waals surface area contributed by atoms with Crippen molar-refractivity contribution in [3.63, 3.8) is 0 Å². The van der Waals surface area contributed by atoms with Gasteiger partial charge in [-0.15, -0.1) is 0 Å². The van der Waals surface area contributed by atoms with Crippen LogP contribution in [0.2, 0.25) is 0 Å². The molecule has 3 heterocycles. The molecule has 2 amide bonds. The van der Waals surface area contributed by atoms with Crippen LogP contribution in [0.25, 0.3) is 21.4 Å². The number of amides is 2. The summed E-state index contributed by atoms with van der Waals surface area (Å²) in [5, 5.41) is 7.95. The molecule has 0 spiro atoms. The van der Waals surface area contributed by atoms with Crippen molar-refractivity contribution in [3.05, 3.63) is 65.5 Å². The number of carbonyl (C=O) groups excluding carboxylic acids is 2. The number of likely N-dealkylation sites (tertiary alicyclic amines) is 1. The summed E-state index contributed by atoms with van der Waals surface area (Å²) >= 11 is 1.32. The van der Waals surface area contributed by atoms with E-state index in [1.165, 1.54) is 11.3 Å². The van der Waals surface area contributed by atoms with Crippen LogP contribution >= 0.6 is 11.3 Å². The third-order valence-electron chi connectivity index (χ3n) is 6.75. The van der Waals surface area contributed by atoms with Gasteiger partial charge in [0.05, 0.1) is 16.3 Å². The zero-order valence-corrected chi connectivity index (χ0v) is 19.3. The van der Waals surface area contributed by atoms with E-state index in [-0.39, 0.29) is 23.6 Å². The summed E-state index contributed by atoms with van der Waals surface area (Å²) in [6.07, 6.45) is 1.07. The molecule has 3 atom stereocenters. The lowest BCUT2D eigenvalue weighted by Crippen LogP contribution is -2.45. The number of hydrogen-bond donors (Lipinski definition) is 2. The van der Waals surface area contributed by atoms with Crippen molar-refractivity contribution in [2.75, 3.05) is 18.8 Å². The van der Waals surface area contributed by atoms with E-state index in [2.05, 4.69) is 15.5 Å².